The van der Waals surface area contributed by atoms with Crippen molar-refractivity contribution in [1.29, 1.82) is 0 Å². The standard InChI is InChI=1S/C35H45N5O5/c1-22(2)45-31-18-29-25(16-30(31)43-4)17-33(41)40(35(29)24-8-10-26(36)11-9-24)28-14-15-32(38-19-28)39(3)21-23-6-12-27(13-7-23)37-20-34(42)44-5/h8-11,14-16,18-19,22-23,27,35,37H,6-7,12-13,17,20-21,36H2,1-5H3. The number of carbonyl (C=O) groups excluding carboxylic acids is 2. The third-order valence-corrected chi connectivity index (χ3v) is 8.75. The van der Waals surface area contributed by atoms with Gasteiger partial charge in [0.15, 0.2) is 11.5 Å². The molecule has 3 N–H and O–H groups in total. The van der Waals surface area contributed by atoms with Gasteiger partial charge in [0.05, 0.1) is 51.2 Å². The van der Waals surface area contributed by atoms with Gasteiger partial charge in [-0.1, -0.05) is 12.1 Å². The third kappa shape index (κ3) is 7.50. The molecule has 10 heteroatoms. The highest BCUT2D eigenvalue weighted by atomic mass is 16.5. The van der Waals surface area contributed by atoms with E-state index in [1.165, 1.54) is 7.11 Å². The number of anilines is 3. The van der Waals surface area contributed by atoms with E-state index in [1.807, 2.05) is 67.3 Å². The number of hydrogen-bond donors (Lipinski definition) is 2. The second kappa shape index (κ2) is 14.2. The number of nitrogens with two attached hydrogens (primary N) is 1. The molecule has 1 aromatic heterocycles. The summed E-state index contributed by atoms with van der Waals surface area (Å²) in [6, 6.07) is 15.5. The van der Waals surface area contributed by atoms with Crippen LogP contribution in [0.1, 0.15) is 62.3 Å². The smallest absolute Gasteiger partial charge is 0.319 e. The van der Waals surface area contributed by atoms with Crippen LogP contribution in [0.5, 0.6) is 11.5 Å². The number of benzene rings is 2. The van der Waals surface area contributed by atoms with E-state index in [1.54, 1.807) is 13.3 Å². The van der Waals surface area contributed by atoms with E-state index in [2.05, 4.69) is 17.3 Å². The fourth-order valence-electron chi connectivity index (χ4n) is 6.44. The van der Waals surface area contributed by atoms with Crippen molar-refractivity contribution in [3.05, 3.63) is 71.4 Å². The van der Waals surface area contributed by atoms with Crippen LogP contribution in [-0.2, 0) is 20.7 Å². The van der Waals surface area contributed by atoms with Gasteiger partial charge in [-0.05, 0) is 98.5 Å². The van der Waals surface area contributed by atoms with Crippen molar-refractivity contribution < 1.29 is 23.8 Å². The van der Waals surface area contributed by atoms with Crippen molar-refractivity contribution in [2.24, 2.45) is 5.92 Å². The number of ether oxygens (including phenoxy) is 3. The molecule has 240 valence electrons. The van der Waals surface area contributed by atoms with Gasteiger partial charge in [0.25, 0.3) is 0 Å². The Kier molecular flexibility index (Phi) is 10.1. The number of fused-ring (bicyclic) bond motifs is 1. The Labute approximate surface area is 265 Å². The second-order valence-corrected chi connectivity index (χ2v) is 12.3. The van der Waals surface area contributed by atoms with Gasteiger partial charge in [0, 0.05) is 25.3 Å². The molecule has 3 aromatic rings. The molecule has 45 heavy (non-hydrogen) atoms. The quantitative estimate of drug-likeness (QED) is 0.229. The van der Waals surface area contributed by atoms with Crippen LogP contribution >= 0.6 is 0 Å². The lowest BCUT2D eigenvalue weighted by molar-refractivity contribution is -0.139. The van der Waals surface area contributed by atoms with Crippen LogP contribution in [0.4, 0.5) is 17.2 Å². The second-order valence-electron chi connectivity index (χ2n) is 12.3. The van der Waals surface area contributed by atoms with Gasteiger partial charge in [-0.25, -0.2) is 4.98 Å². The first-order valence-electron chi connectivity index (χ1n) is 15.7. The molecule has 2 aliphatic rings. The first kappa shape index (κ1) is 32.1. The number of methoxy groups -OCH3 is 2. The molecule has 1 aliphatic carbocycles. The van der Waals surface area contributed by atoms with Gasteiger partial charge in [-0.15, -0.1) is 0 Å². The number of aromatic nitrogens is 1. The van der Waals surface area contributed by atoms with Crippen LogP contribution < -0.4 is 30.3 Å². The zero-order valence-electron chi connectivity index (χ0n) is 26.9. The van der Waals surface area contributed by atoms with E-state index < -0.39 is 6.04 Å². The fourth-order valence-corrected chi connectivity index (χ4v) is 6.44. The van der Waals surface area contributed by atoms with Gasteiger partial charge < -0.3 is 30.2 Å². The predicted molar refractivity (Wildman–Crippen MR) is 176 cm³/mol. The van der Waals surface area contributed by atoms with Crippen LogP contribution in [0, 0.1) is 5.92 Å². The number of amides is 1. The molecule has 2 aromatic carbocycles. The monoisotopic (exact) mass is 615 g/mol. The van der Waals surface area contributed by atoms with Crippen LogP contribution in [0.25, 0.3) is 0 Å². The summed E-state index contributed by atoms with van der Waals surface area (Å²) in [5.74, 6) is 2.40. The minimum absolute atomic E-state index is 0.0237. The Bertz CT molecular complexity index is 1470. The number of hydrogen-bond acceptors (Lipinski definition) is 9. The molecular weight excluding hydrogens is 570 g/mol. The van der Waals surface area contributed by atoms with E-state index in [0.29, 0.717) is 29.1 Å². The molecule has 5 rings (SSSR count). The van der Waals surface area contributed by atoms with Crippen molar-refractivity contribution in [3.63, 3.8) is 0 Å². The SMILES string of the molecule is COC(=O)CNC1CCC(CN(C)c2ccc(N3C(=O)Cc4cc(OC)c(OC(C)C)cc4C3c3ccc(N)cc3)cn2)CC1. The maximum Gasteiger partial charge on any atom is 0.319 e. The largest absolute Gasteiger partial charge is 0.493 e. The number of nitrogen functional groups attached to an aromatic ring is 1. The molecule has 1 atom stereocenters. The molecule has 1 amide bonds. The summed E-state index contributed by atoms with van der Waals surface area (Å²) in [7, 11) is 5.09. The van der Waals surface area contributed by atoms with Crippen molar-refractivity contribution in [2.75, 3.05) is 49.9 Å². The van der Waals surface area contributed by atoms with E-state index in [9.17, 15) is 9.59 Å². The summed E-state index contributed by atoms with van der Waals surface area (Å²) in [6.07, 6.45) is 6.21. The lowest BCUT2D eigenvalue weighted by atomic mass is 9.85. The summed E-state index contributed by atoms with van der Waals surface area (Å²) in [4.78, 5) is 34.1. The first-order chi connectivity index (χ1) is 21.7. The van der Waals surface area contributed by atoms with Gasteiger partial charge in [-0.3, -0.25) is 14.5 Å². The van der Waals surface area contributed by atoms with Crippen LogP contribution in [-0.4, -0.2) is 63.4 Å². The summed E-state index contributed by atoms with van der Waals surface area (Å²) in [6.45, 7) is 5.10. The molecular formula is C35H45N5O5. The Hall–Kier alpha value is -4.31. The van der Waals surface area contributed by atoms with Crippen molar-refractivity contribution in [1.82, 2.24) is 10.3 Å². The Morgan fingerprint density at radius 1 is 1.07 bits per heavy atom. The topological polar surface area (TPSA) is 119 Å². The molecule has 0 bridgehead atoms. The minimum atomic E-state index is -0.393. The number of esters is 1. The average Bonchev–Trinajstić information content (AvgIpc) is 3.04. The summed E-state index contributed by atoms with van der Waals surface area (Å²) >= 11 is 0. The molecule has 1 saturated carbocycles. The maximum atomic E-state index is 13.8. The number of pyridine rings is 1. The summed E-state index contributed by atoms with van der Waals surface area (Å²) < 4.78 is 16.5. The molecule has 2 heterocycles. The highest BCUT2D eigenvalue weighted by molar-refractivity contribution is 5.98. The number of carbonyl (C=O) groups is 2. The zero-order chi connectivity index (χ0) is 32.1. The molecule has 1 aliphatic heterocycles. The van der Waals surface area contributed by atoms with E-state index in [-0.39, 0.29) is 30.9 Å². The van der Waals surface area contributed by atoms with Gasteiger partial charge in [0.2, 0.25) is 5.91 Å². The lowest BCUT2D eigenvalue weighted by Crippen LogP contribution is -2.41. The Morgan fingerprint density at radius 3 is 2.42 bits per heavy atom. The van der Waals surface area contributed by atoms with Crippen LogP contribution in [0.3, 0.4) is 0 Å². The average molecular weight is 616 g/mol. The Balaban J connectivity index is 1.36. The highest BCUT2D eigenvalue weighted by Gasteiger charge is 2.36. The molecule has 0 spiro atoms. The third-order valence-electron chi connectivity index (χ3n) is 8.75. The van der Waals surface area contributed by atoms with Gasteiger partial charge in [-0.2, -0.15) is 0 Å². The molecule has 10 nitrogen and oxygen atoms in total. The summed E-state index contributed by atoms with van der Waals surface area (Å²) in [5.41, 5.74) is 10.3. The highest BCUT2D eigenvalue weighted by Crippen LogP contribution is 2.43. The molecule has 0 saturated heterocycles. The van der Waals surface area contributed by atoms with Crippen molar-refractivity contribution >= 4 is 29.1 Å². The molecule has 1 fully saturated rings. The Morgan fingerprint density at radius 2 is 1.80 bits per heavy atom. The number of rotatable bonds is 11. The fraction of sp³-hybridized carbons (Fsp3) is 0.457. The van der Waals surface area contributed by atoms with E-state index >= 15 is 0 Å². The molecule has 1 unspecified atom stereocenters. The van der Waals surface area contributed by atoms with Crippen LogP contribution in [0.2, 0.25) is 0 Å². The van der Waals surface area contributed by atoms with E-state index in [4.69, 9.17) is 24.9 Å². The van der Waals surface area contributed by atoms with E-state index in [0.717, 1.165) is 60.4 Å². The van der Waals surface area contributed by atoms with Gasteiger partial charge in [0.1, 0.15) is 5.82 Å². The first-order valence-corrected chi connectivity index (χ1v) is 15.7. The number of nitrogens with one attached hydrogen (secondary N) is 1. The van der Waals surface area contributed by atoms with Crippen LogP contribution in [0.15, 0.2) is 54.7 Å². The van der Waals surface area contributed by atoms with Gasteiger partial charge >= 0.3 is 5.97 Å². The maximum absolute atomic E-state index is 13.8. The predicted octanol–water partition coefficient (Wildman–Crippen LogP) is 4.90. The molecule has 0 radical (unpaired) electrons. The lowest BCUT2D eigenvalue weighted by Gasteiger charge is -2.38. The zero-order valence-corrected chi connectivity index (χ0v) is 26.9. The number of nitrogens with zero attached hydrogens (tertiary/aromatic N) is 3. The minimum Gasteiger partial charge on any atom is -0.493 e. The van der Waals surface area contributed by atoms with Crippen molar-refractivity contribution in [3.8, 4) is 11.5 Å². The normalized spacial score (nSPS) is 19.6. The van der Waals surface area contributed by atoms with Crippen molar-refractivity contribution in [2.45, 2.75) is 64.1 Å². The summed E-state index contributed by atoms with van der Waals surface area (Å²) in [5, 5.41) is 3.31.